The Morgan fingerprint density at radius 2 is 1.97 bits per heavy atom. The van der Waals surface area contributed by atoms with Crippen molar-refractivity contribution in [2.24, 2.45) is 0 Å². The van der Waals surface area contributed by atoms with Gasteiger partial charge < -0.3 is 13.9 Å². The smallest absolute Gasteiger partial charge is 0.305 e. The second kappa shape index (κ2) is 9.16. The van der Waals surface area contributed by atoms with E-state index in [2.05, 4.69) is 33.8 Å². The molecule has 0 atom stereocenters. The number of rotatable bonds is 8. The molecule has 4 aromatic rings. The first-order valence-electron chi connectivity index (χ1n) is 10.6. The monoisotopic (exact) mass is 419 g/mol. The average molecular weight is 420 g/mol. The van der Waals surface area contributed by atoms with Gasteiger partial charge in [0.1, 0.15) is 5.82 Å². The van der Waals surface area contributed by atoms with E-state index in [1.165, 1.54) is 6.07 Å². The minimum atomic E-state index is -0.240. The quantitative estimate of drug-likeness (QED) is 0.369. The van der Waals surface area contributed by atoms with Crippen molar-refractivity contribution in [3.05, 3.63) is 83.8 Å². The Balaban J connectivity index is 1.62. The Labute approximate surface area is 181 Å². The zero-order valence-corrected chi connectivity index (χ0v) is 17.8. The van der Waals surface area contributed by atoms with E-state index in [0.29, 0.717) is 26.0 Å². The highest BCUT2D eigenvalue weighted by molar-refractivity contribution is 5.85. The van der Waals surface area contributed by atoms with Gasteiger partial charge in [0.05, 0.1) is 12.9 Å². The number of hydrogen-bond acceptors (Lipinski definition) is 3. The van der Waals surface area contributed by atoms with Crippen molar-refractivity contribution in [3.8, 4) is 5.69 Å². The highest BCUT2D eigenvalue weighted by Gasteiger charge is 2.16. The lowest BCUT2D eigenvalue weighted by molar-refractivity contribution is -0.143. The molecule has 0 saturated heterocycles. The molecule has 5 nitrogen and oxygen atoms in total. The van der Waals surface area contributed by atoms with Crippen LogP contribution in [0.3, 0.4) is 0 Å². The first kappa shape index (κ1) is 20.8. The van der Waals surface area contributed by atoms with Crippen molar-refractivity contribution < 1.29 is 13.9 Å². The maximum Gasteiger partial charge on any atom is 0.305 e. The van der Waals surface area contributed by atoms with Gasteiger partial charge in [-0.2, -0.15) is 0 Å². The first-order chi connectivity index (χ1) is 15.1. The summed E-state index contributed by atoms with van der Waals surface area (Å²) in [5.41, 5.74) is 5.39. The van der Waals surface area contributed by atoms with Crippen LogP contribution in [-0.2, 0) is 22.5 Å². The lowest BCUT2D eigenvalue weighted by Gasteiger charge is -2.13. The number of aromatic nitrogens is 3. The van der Waals surface area contributed by atoms with Gasteiger partial charge in [0, 0.05) is 47.6 Å². The highest BCUT2D eigenvalue weighted by Crippen LogP contribution is 2.29. The van der Waals surface area contributed by atoms with E-state index in [4.69, 9.17) is 4.74 Å². The number of esters is 1. The molecule has 31 heavy (non-hydrogen) atoms. The zero-order chi connectivity index (χ0) is 21.8. The average Bonchev–Trinajstić information content (AvgIpc) is 3.38. The number of benzene rings is 2. The van der Waals surface area contributed by atoms with Crippen molar-refractivity contribution in [1.82, 2.24) is 14.1 Å². The lowest BCUT2D eigenvalue weighted by Crippen LogP contribution is -2.08. The van der Waals surface area contributed by atoms with Gasteiger partial charge in [0.25, 0.3) is 0 Å². The SMILES string of the molecule is CCOC(=O)CCCc1c(C)c2cc(F)ccc2n1Cc1ccc(-n2ccnc2)cc1. The number of aryl methyl sites for hydroxylation is 1. The van der Waals surface area contributed by atoms with E-state index in [1.807, 2.05) is 30.7 Å². The second-order valence-corrected chi connectivity index (χ2v) is 7.61. The molecule has 0 N–H and O–H groups in total. The minimum Gasteiger partial charge on any atom is -0.466 e. The summed E-state index contributed by atoms with van der Waals surface area (Å²) >= 11 is 0. The molecule has 0 aliphatic heterocycles. The van der Waals surface area contributed by atoms with E-state index in [9.17, 15) is 9.18 Å². The van der Waals surface area contributed by atoms with Crippen LogP contribution in [-0.4, -0.2) is 26.7 Å². The predicted octanol–water partition coefficient (Wildman–Crippen LogP) is 5.21. The third-order valence-corrected chi connectivity index (χ3v) is 5.59. The number of fused-ring (bicyclic) bond motifs is 1. The van der Waals surface area contributed by atoms with Crippen molar-refractivity contribution >= 4 is 16.9 Å². The Hall–Kier alpha value is -3.41. The fourth-order valence-electron chi connectivity index (χ4n) is 4.05. The van der Waals surface area contributed by atoms with Crippen molar-refractivity contribution in [1.29, 1.82) is 0 Å². The van der Waals surface area contributed by atoms with E-state index in [1.54, 1.807) is 18.6 Å². The molecular weight excluding hydrogens is 393 g/mol. The number of ether oxygens (including phenoxy) is 1. The number of carbonyl (C=O) groups excluding carboxylic acids is 1. The van der Waals surface area contributed by atoms with Gasteiger partial charge in [-0.1, -0.05) is 12.1 Å². The van der Waals surface area contributed by atoms with Crippen LogP contribution in [0.2, 0.25) is 0 Å². The number of hydrogen-bond donors (Lipinski definition) is 0. The Bertz CT molecular complexity index is 1180. The van der Waals surface area contributed by atoms with Crippen molar-refractivity contribution in [2.45, 2.75) is 39.7 Å². The minimum absolute atomic E-state index is 0.177. The fourth-order valence-corrected chi connectivity index (χ4v) is 4.05. The topological polar surface area (TPSA) is 49.0 Å². The van der Waals surface area contributed by atoms with Crippen LogP contribution in [0.4, 0.5) is 4.39 Å². The van der Waals surface area contributed by atoms with Crippen LogP contribution in [0, 0.1) is 12.7 Å². The Morgan fingerprint density at radius 3 is 2.68 bits per heavy atom. The summed E-state index contributed by atoms with van der Waals surface area (Å²) in [5, 5.41) is 0.918. The molecule has 2 aromatic carbocycles. The molecule has 0 saturated carbocycles. The summed E-state index contributed by atoms with van der Waals surface area (Å²) in [6, 6.07) is 13.3. The zero-order valence-electron chi connectivity index (χ0n) is 17.8. The van der Waals surface area contributed by atoms with Gasteiger partial charge in [0.2, 0.25) is 0 Å². The maximum atomic E-state index is 13.9. The molecule has 2 heterocycles. The maximum absolute atomic E-state index is 13.9. The summed E-state index contributed by atoms with van der Waals surface area (Å²) < 4.78 is 23.2. The van der Waals surface area contributed by atoms with E-state index >= 15 is 0 Å². The molecule has 0 bridgehead atoms. The molecule has 0 aliphatic rings. The van der Waals surface area contributed by atoms with Gasteiger partial charge >= 0.3 is 5.97 Å². The number of nitrogens with zero attached hydrogens (tertiary/aromatic N) is 3. The van der Waals surface area contributed by atoms with Gasteiger partial charge in [0.15, 0.2) is 0 Å². The molecule has 160 valence electrons. The Kier molecular flexibility index (Phi) is 6.16. The largest absolute Gasteiger partial charge is 0.466 e. The molecule has 4 rings (SSSR count). The summed E-state index contributed by atoms with van der Waals surface area (Å²) in [5.74, 6) is -0.417. The molecule has 6 heteroatoms. The van der Waals surface area contributed by atoms with Crippen molar-refractivity contribution in [2.75, 3.05) is 6.61 Å². The Morgan fingerprint density at radius 1 is 1.16 bits per heavy atom. The predicted molar refractivity (Wildman–Crippen MR) is 119 cm³/mol. The molecule has 0 unspecified atom stereocenters. The molecular formula is C25H26FN3O2. The number of carbonyl (C=O) groups is 1. The third-order valence-electron chi connectivity index (χ3n) is 5.59. The molecule has 0 aliphatic carbocycles. The third kappa shape index (κ3) is 4.53. The van der Waals surface area contributed by atoms with Crippen molar-refractivity contribution in [3.63, 3.8) is 0 Å². The van der Waals surface area contributed by atoms with Crippen LogP contribution in [0.1, 0.15) is 36.6 Å². The molecule has 0 amide bonds. The summed E-state index contributed by atoms with van der Waals surface area (Å²) in [4.78, 5) is 15.8. The van der Waals surface area contributed by atoms with Gasteiger partial charge in [-0.15, -0.1) is 0 Å². The van der Waals surface area contributed by atoms with Gasteiger partial charge in [-0.05, 0) is 68.1 Å². The summed E-state index contributed by atoms with van der Waals surface area (Å²) in [6.45, 7) is 4.91. The van der Waals surface area contributed by atoms with Crippen LogP contribution in [0.15, 0.2) is 61.2 Å². The number of imidazole rings is 1. The molecule has 2 aromatic heterocycles. The van der Waals surface area contributed by atoms with E-state index in [-0.39, 0.29) is 11.8 Å². The first-order valence-corrected chi connectivity index (χ1v) is 10.6. The van der Waals surface area contributed by atoms with Crippen LogP contribution in [0.25, 0.3) is 16.6 Å². The fraction of sp³-hybridized carbons (Fsp3) is 0.280. The van der Waals surface area contributed by atoms with E-state index in [0.717, 1.165) is 39.8 Å². The second-order valence-electron chi connectivity index (χ2n) is 7.61. The van der Waals surface area contributed by atoms with Gasteiger partial charge in [-0.25, -0.2) is 9.37 Å². The standard InChI is InChI=1S/C25H26FN3O2/c1-3-31-25(30)6-4-5-23-18(2)22-15-20(26)9-12-24(22)29(23)16-19-7-10-21(11-8-19)28-14-13-27-17-28/h7-15,17H,3-6,16H2,1-2H3. The number of halogens is 1. The van der Waals surface area contributed by atoms with E-state index < -0.39 is 0 Å². The van der Waals surface area contributed by atoms with Crippen LogP contribution >= 0.6 is 0 Å². The molecule has 0 radical (unpaired) electrons. The van der Waals surface area contributed by atoms with Crippen LogP contribution < -0.4 is 0 Å². The van der Waals surface area contributed by atoms with Crippen LogP contribution in [0.5, 0.6) is 0 Å². The summed E-state index contributed by atoms with van der Waals surface area (Å²) in [6.07, 6.45) is 7.24. The normalized spacial score (nSPS) is 11.2. The highest BCUT2D eigenvalue weighted by atomic mass is 19.1. The lowest BCUT2D eigenvalue weighted by atomic mass is 10.1. The summed E-state index contributed by atoms with van der Waals surface area (Å²) in [7, 11) is 0. The molecule has 0 spiro atoms. The molecule has 0 fully saturated rings. The van der Waals surface area contributed by atoms with Gasteiger partial charge in [-0.3, -0.25) is 4.79 Å².